The Morgan fingerprint density at radius 2 is 1.75 bits per heavy atom. The molecule has 1 saturated heterocycles. The number of carbonyl (C=O) groups is 2. The number of nitrogens with zero attached hydrogens (tertiary/aromatic N) is 1. The third-order valence-electron chi connectivity index (χ3n) is 5.11. The van der Waals surface area contributed by atoms with Crippen molar-refractivity contribution in [1.82, 2.24) is 10.2 Å². The molecular weight excluding hydrogens is 356 g/mol. The number of likely N-dealkylation sites (tertiary alicyclic amines) is 1. The van der Waals surface area contributed by atoms with Gasteiger partial charge in [0, 0.05) is 38.2 Å². The van der Waals surface area contributed by atoms with Gasteiger partial charge in [-0.25, -0.2) is 0 Å². The molecular formula is C22H26N2O4. The van der Waals surface area contributed by atoms with E-state index < -0.39 is 0 Å². The molecule has 28 heavy (non-hydrogen) atoms. The van der Waals surface area contributed by atoms with Gasteiger partial charge in [0.2, 0.25) is 5.91 Å². The standard InChI is InChI=1S/C22H26N2O4/c1-27-13-12-23-21(25)20-15-24(22(26)17-6-4-3-5-7-17)14-19(20)16-8-10-18(28-2)11-9-16/h3-11,19-20H,12-15H2,1-2H3,(H,23,25). The average molecular weight is 382 g/mol. The highest BCUT2D eigenvalue weighted by Gasteiger charge is 2.40. The number of hydrogen-bond acceptors (Lipinski definition) is 4. The quantitative estimate of drug-likeness (QED) is 0.747. The lowest BCUT2D eigenvalue weighted by atomic mass is 9.88. The van der Waals surface area contributed by atoms with Gasteiger partial charge in [-0.05, 0) is 29.8 Å². The van der Waals surface area contributed by atoms with Gasteiger partial charge in [-0.2, -0.15) is 0 Å². The van der Waals surface area contributed by atoms with Crippen molar-refractivity contribution >= 4 is 11.8 Å². The van der Waals surface area contributed by atoms with E-state index in [9.17, 15) is 9.59 Å². The van der Waals surface area contributed by atoms with Crippen LogP contribution in [0.4, 0.5) is 0 Å². The molecule has 1 fully saturated rings. The molecule has 3 rings (SSSR count). The first kappa shape index (κ1) is 19.9. The number of rotatable bonds is 7. The third-order valence-corrected chi connectivity index (χ3v) is 5.11. The first-order chi connectivity index (χ1) is 13.6. The maximum absolute atomic E-state index is 12.9. The van der Waals surface area contributed by atoms with Crippen LogP contribution in [0.1, 0.15) is 21.8 Å². The van der Waals surface area contributed by atoms with Crippen LogP contribution in [0.25, 0.3) is 0 Å². The minimum atomic E-state index is -0.307. The van der Waals surface area contributed by atoms with Crippen molar-refractivity contribution < 1.29 is 19.1 Å². The van der Waals surface area contributed by atoms with Crippen molar-refractivity contribution in [3.63, 3.8) is 0 Å². The van der Waals surface area contributed by atoms with Crippen LogP contribution in [0.15, 0.2) is 54.6 Å². The first-order valence-electron chi connectivity index (χ1n) is 9.39. The molecule has 1 N–H and O–H groups in total. The first-order valence-corrected chi connectivity index (χ1v) is 9.39. The Hall–Kier alpha value is -2.86. The smallest absolute Gasteiger partial charge is 0.253 e. The molecule has 0 spiro atoms. The van der Waals surface area contributed by atoms with E-state index in [0.29, 0.717) is 31.8 Å². The molecule has 0 aliphatic carbocycles. The van der Waals surface area contributed by atoms with Crippen molar-refractivity contribution in [2.75, 3.05) is 40.5 Å². The van der Waals surface area contributed by atoms with E-state index in [-0.39, 0.29) is 23.7 Å². The summed E-state index contributed by atoms with van der Waals surface area (Å²) in [6.45, 7) is 1.80. The van der Waals surface area contributed by atoms with E-state index in [1.165, 1.54) is 0 Å². The van der Waals surface area contributed by atoms with Gasteiger partial charge in [-0.1, -0.05) is 30.3 Å². The Kier molecular flexibility index (Phi) is 6.66. The fourth-order valence-electron chi connectivity index (χ4n) is 3.59. The summed E-state index contributed by atoms with van der Waals surface area (Å²) in [6, 6.07) is 16.9. The Morgan fingerprint density at radius 1 is 1.04 bits per heavy atom. The summed E-state index contributed by atoms with van der Waals surface area (Å²) < 4.78 is 10.2. The van der Waals surface area contributed by atoms with Crippen LogP contribution in [0.2, 0.25) is 0 Å². The summed E-state index contributed by atoms with van der Waals surface area (Å²) >= 11 is 0. The maximum Gasteiger partial charge on any atom is 0.253 e. The molecule has 148 valence electrons. The molecule has 0 bridgehead atoms. The van der Waals surface area contributed by atoms with Gasteiger partial charge in [-0.15, -0.1) is 0 Å². The number of ether oxygens (including phenoxy) is 2. The summed E-state index contributed by atoms with van der Waals surface area (Å²) in [5.41, 5.74) is 1.66. The predicted octanol–water partition coefficient (Wildman–Crippen LogP) is 2.31. The molecule has 6 heteroatoms. The second-order valence-corrected chi connectivity index (χ2v) is 6.85. The van der Waals surface area contributed by atoms with Crippen LogP contribution < -0.4 is 10.1 Å². The van der Waals surface area contributed by atoms with Crippen molar-refractivity contribution in [3.05, 3.63) is 65.7 Å². The highest BCUT2D eigenvalue weighted by molar-refractivity contribution is 5.95. The zero-order chi connectivity index (χ0) is 19.9. The van der Waals surface area contributed by atoms with Gasteiger partial charge in [0.05, 0.1) is 19.6 Å². The van der Waals surface area contributed by atoms with Gasteiger partial charge in [0.1, 0.15) is 5.75 Å². The molecule has 0 aromatic heterocycles. The molecule has 1 aliphatic rings. The van der Waals surface area contributed by atoms with Gasteiger partial charge in [-0.3, -0.25) is 9.59 Å². The molecule has 2 atom stereocenters. The van der Waals surface area contributed by atoms with Crippen LogP contribution in [0.3, 0.4) is 0 Å². The van der Waals surface area contributed by atoms with Gasteiger partial charge < -0.3 is 19.7 Å². The highest BCUT2D eigenvalue weighted by Crippen LogP contribution is 2.34. The van der Waals surface area contributed by atoms with Crippen LogP contribution >= 0.6 is 0 Å². The summed E-state index contributed by atoms with van der Waals surface area (Å²) in [5.74, 6) is 0.284. The lowest BCUT2D eigenvalue weighted by Gasteiger charge is -2.18. The Labute approximate surface area is 165 Å². The summed E-state index contributed by atoms with van der Waals surface area (Å²) in [4.78, 5) is 27.5. The highest BCUT2D eigenvalue weighted by atomic mass is 16.5. The summed E-state index contributed by atoms with van der Waals surface area (Å²) in [7, 11) is 3.22. The average Bonchev–Trinajstić information content (AvgIpc) is 3.19. The fraction of sp³-hybridized carbons (Fsp3) is 0.364. The van der Waals surface area contributed by atoms with Crippen molar-refractivity contribution in [1.29, 1.82) is 0 Å². The van der Waals surface area contributed by atoms with Gasteiger partial charge >= 0.3 is 0 Å². The van der Waals surface area contributed by atoms with Crippen LogP contribution in [0, 0.1) is 5.92 Å². The normalized spacial score (nSPS) is 18.7. The molecule has 2 unspecified atom stereocenters. The third kappa shape index (κ3) is 4.51. The van der Waals surface area contributed by atoms with Gasteiger partial charge in [0.15, 0.2) is 0 Å². The van der Waals surface area contributed by atoms with E-state index in [1.807, 2.05) is 42.5 Å². The van der Waals surface area contributed by atoms with E-state index >= 15 is 0 Å². The largest absolute Gasteiger partial charge is 0.497 e. The predicted molar refractivity (Wildman–Crippen MR) is 106 cm³/mol. The second-order valence-electron chi connectivity index (χ2n) is 6.85. The van der Waals surface area contributed by atoms with Crippen LogP contribution in [0.5, 0.6) is 5.75 Å². The molecule has 1 aliphatic heterocycles. The Balaban J connectivity index is 1.81. The molecule has 0 saturated carbocycles. The van der Waals surface area contributed by atoms with Crippen LogP contribution in [-0.2, 0) is 9.53 Å². The van der Waals surface area contributed by atoms with E-state index in [4.69, 9.17) is 9.47 Å². The molecule has 6 nitrogen and oxygen atoms in total. The lowest BCUT2D eigenvalue weighted by Crippen LogP contribution is -2.37. The monoisotopic (exact) mass is 382 g/mol. The molecule has 2 amide bonds. The maximum atomic E-state index is 12.9. The van der Waals surface area contributed by atoms with Gasteiger partial charge in [0.25, 0.3) is 5.91 Å². The zero-order valence-corrected chi connectivity index (χ0v) is 16.3. The summed E-state index contributed by atoms with van der Waals surface area (Å²) in [6.07, 6.45) is 0. The number of hydrogen-bond donors (Lipinski definition) is 1. The fourth-order valence-corrected chi connectivity index (χ4v) is 3.59. The molecule has 0 radical (unpaired) electrons. The van der Waals surface area contributed by atoms with Crippen molar-refractivity contribution in [2.45, 2.75) is 5.92 Å². The topological polar surface area (TPSA) is 67.9 Å². The van der Waals surface area contributed by atoms with E-state index in [0.717, 1.165) is 11.3 Å². The number of methoxy groups -OCH3 is 2. The zero-order valence-electron chi connectivity index (χ0n) is 16.3. The van der Waals surface area contributed by atoms with Crippen molar-refractivity contribution in [3.8, 4) is 5.75 Å². The number of amides is 2. The Bertz CT molecular complexity index is 792. The number of benzene rings is 2. The molecule has 2 aromatic carbocycles. The lowest BCUT2D eigenvalue weighted by molar-refractivity contribution is -0.125. The molecule has 1 heterocycles. The van der Waals surface area contributed by atoms with E-state index in [2.05, 4.69) is 5.32 Å². The summed E-state index contributed by atoms with van der Waals surface area (Å²) in [5, 5.41) is 2.92. The SMILES string of the molecule is COCCNC(=O)C1CN(C(=O)c2ccccc2)CC1c1ccc(OC)cc1. The molecule has 2 aromatic rings. The number of nitrogens with one attached hydrogen (secondary N) is 1. The van der Waals surface area contributed by atoms with Crippen LogP contribution in [-0.4, -0.2) is 57.2 Å². The van der Waals surface area contributed by atoms with E-state index in [1.54, 1.807) is 31.3 Å². The second kappa shape index (κ2) is 9.37. The Morgan fingerprint density at radius 3 is 2.39 bits per heavy atom. The minimum Gasteiger partial charge on any atom is -0.497 e. The van der Waals surface area contributed by atoms with Crippen molar-refractivity contribution in [2.24, 2.45) is 5.92 Å². The number of carbonyl (C=O) groups excluding carboxylic acids is 2. The minimum absolute atomic E-state index is 0.0497.